The number of carbonyl (C=O) groups excluding carboxylic acids is 1. The summed E-state index contributed by atoms with van der Waals surface area (Å²) in [5, 5.41) is 7.44. The molecule has 0 aliphatic heterocycles. The second-order valence-corrected chi connectivity index (χ2v) is 8.61. The standard InChI is InChI=1S/C23H23N5OS/c29-23(26-22-12-13-24-28(22)19-5-1-2-6-19)17-8-10-20(11-9-17)30-16-18-15-27-14-4-3-7-21(27)25-18/h3-4,7-15,19H,1-2,5-6,16H2,(H,26,29). The SMILES string of the molecule is O=C(Nc1ccnn1C1CCCC1)c1ccc(SCc2cn3ccccc3n2)cc1. The molecule has 7 heteroatoms. The maximum atomic E-state index is 12.7. The second-order valence-electron chi connectivity index (χ2n) is 7.56. The van der Waals surface area contributed by atoms with E-state index >= 15 is 0 Å². The van der Waals surface area contributed by atoms with Crippen LogP contribution in [0.5, 0.6) is 0 Å². The summed E-state index contributed by atoms with van der Waals surface area (Å²) in [6, 6.07) is 16.0. The van der Waals surface area contributed by atoms with Crippen LogP contribution in [0.15, 0.2) is 72.0 Å². The smallest absolute Gasteiger partial charge is 0.256 e. The van der Waals surface area contributed by atoms with Crippen molar-refractivity contribution < 1.29 is 4.79 Å². The Bertz CT molecular complexity index is 1120. The first-order valence-electron chi connectivity index (χ1n) is 10.3. The molecule has 1 aromatic carbocycles. The first-order chi connectivity index (χ1) is 14.8. The van der Waals surface area contributed by atoms with E-state index in [0.29, 0.717) is 11.6 Å². The van der Waals surface area contributed by atoms with Gasteiger partial charge in [0, 0.05) is 34.7 Å². The predicted molar refractivity (Wildman–Crippen MR) is 119 cm³/mol. The lowest BCUT2D eigenvalue weighted by Crippen LogP contribution is -2.17. The number of pyridine rings is 1. The van der Waals surface area contributed by atoms with Crippen molar-refractivity contribution in [2.75, 3.05) is 5.32 Å². The van der Waals surface area contributed by atoms with E-state index in [0.717, 1.165) is 40.6 Å². The molecule has 3 heterocycles. The predicted octanol–water partition coefficient (Wildman–Crippen LogP) is 5.19. The van der Waals surface area contributed by atoms with Gasteiger partial charge >= 0.3 is 0 Å². The Balaban J connectivity index is 1.21. The van der Waals surface area contributed by atoms with Crippen LogP contribution in [0.2, 0.25) is 0 Å². The molecule has 1 fully saturated rings. The number of hydrogen-bond acceptors (Lipinski definition) is 4. The molecule has 0 radical (unpaired) electrons. The number of nitrogens with one attached hydrogen (secondary N) is 1. The molecule has 0 unspecified atom stereocenters. The Morgan fingerprint density at radius 2 is 1.93 bits per heavy atom. The van der Waals surface area contributed by atoms with Crippen molar-refractivity contribution in [3.05, 3.63) is 78.4 Å². The van der Waals surface area contributed by atoms with Crippen molar-refractivity contribution in [2.45, 2.75) is 42.4 Å². The first-order valence-corrected chi connectivity index (χ1v) is 11.3. The van der Waals surface area contributed by atoms with Crippen LogP contribution in [0.3, 0.4) is 0 Å². The number of amides is 1. The molecule has 1 aliphatic carbocycles. The van der Waals surface area contributed by atoms with E-state index in [1.54, 1.807) is 18.0 Å². The zero-order chi connectivity index (χ0) is 20.3. The fraction of sp³-hybridized carbons (Fsp3) is 0.261. The van der Waals surface area contributed by atoms with E-state index in [1.165, 1.54) is 12.8 Å². The van der Waals surface area contributed by atoms with E-state index in [2.05, 4.69) is 21.6 Å². The number of imidazole rings is 1. The second kappa shape index (κ2) is 8.36. The number of anilines is 1. The maximum Gasteiger partial charge on any atom is 0.256 e. The number of thioether (sulfide) groups is 1. The number of rotatable bonds is 6. The number of nitrogens with zero attached hydrogens (tertiary/aromatic N) is 4. The van der Waals surface area contributed by atoms with Gasteiger partial charge in [0.05, 0.1) is 17.9 Å². The van der Waals surface area contributed by atoms with E-state index < -0.39 is 0 Å². The van der Waals surface area contributed by atoms with Crippen molar-refractivity contribution in [2.24, 2.45) is 0 Å². The van der Waals surface area contributed by atoms with Crippen LogP contribution >= 0.6 is 11.8 Å². The number of benzene rings is 1. The van der Waals surface area contributed by atoms with Gasteiger partial charge in [-0.1, -0.05) is 18.9 Å². The third kappa shape index (κ3) is 3.98. The summed E-state index contributed by atoms with van der Waals surface area (Å²) in [6.45, 7) is 0. The van der Waals surface area contributed by atoms with Crippen molar-refractivity contribution in [3.8, 4) is 0 Å². The van der Waals surface area contributed by atoms with Crippen molar-refractivity contribution >= 4 is 29.1 Å². The highest BCUT2D eigenvalue weighted by Crippen LogP contribution is 2.31. The molecule has 3 aromatic heterocycles. The van der Waals surface area contributed by atoms with Crippen LogP contribution < -0.4 is 5.32 Å². The lowest BCUT2D eigenvalue weighted by Gasteiger charge is -2.14. The zero-order valence-electron chi connectivity index (χ0n) is 16.6. The van der Waals surface area contributed by atoms with Crippen LogP contribution in [0.1, 0.15) is 47.8 Å². The number of aromatic nitrogens is 4. The fourth-order valence-corrected chi connectivity index (χ4v) is 4.74. The van der Waals surface area contributed by atoms with E-state index in [1.807, 2.05) is 63.8 Å². The number of hydrogen-bond donors (Lipinski definition) is 1. The van der Waals surface area contributed by atoms with Crippen LogP contribution in [0.25, 0.3) is 5.65 Å². The van der Waals surface area contributed by atoms with Gasteiger partial charge < -0.3 is 9.72 Å². The molecule has 4 aromatic rings. The minimum atomic E-state index is -0.105. The maximum absolute atomic E-state index is 12.7. The first kappa shape index (κ1) is 18.9. The van der Waals surface area contributed by atoms with Gasteiger partial charge in [0.1, 0.15) is 11.5 Å². The third-order valence-corrected chi connectivity index (χ3v) is 6.55. The zero-order valence-corrected chi connectivity index (χ0v) is 17.4. The molecule has 1 aliphatic rings. The molecule has 152 valence electrons. The molecule has 1 amide bonds. The Kier molecular flexibility index (Phi) is 5.27. The van der Waals surface area contributed by atoms with E-state index in [9.17, 15) is 4.79 Å². The van der Waals surface area contributed by atoms with Gasteiger partial charge in [-0.3, -0.25) is 4.79 Å². The molecule has 0 atom stereocenters. The highest BCUT2D eigenvalue weighted by atomic mass is 32.2. The normalized spacial score (nSPS) is 14.4. The third-order valence-electron chi connectivity index (χ3n) is 5.50. The van der Waals surface area contributed by atoms with Crippen LogP contribution in [0, 0.1) is 0 Å². The van der Waals surface area contributed by atoms with Crippen molar-refractivity contribution in [1.29, 1.82) is 0 Å². The summed E-state index contributed by atoms with van der Waals surface area (Å²) < 4.78 is 3.99. The summed E-state index contributed by atoms with van der Waals surface area (Å²) in [5.74, 6) is 1.46. The van der Waals surface area contributed by atoms with Crippen molar-refractivity contribution in [1.82, 2.24) is 19.2 Å². The fourth-order valence-electron chi connectivity index (χ4n) is 3.96. The summed E-state index contributed by atoms with van der Waals surface area (Å²) in [6.07, 6.45) is 10.5. The Morgan fingerprint density at radius 3 is 2.73 bits per heavy atom. The van der Waals surface area contributed by atoms with Gasteiger partial charge in [0.2, 0.25) is 0 Å². The highest BCUT2D eigenvalue weighted by Gasteiger charge is 2.20. The molecule has 30 heavy (non-hydrogen) atoms. The molecular formula is C23H23N5OS. The topological polar surface area (TPSA) is 64.2 Å². The van der Waals surface area contributed by atoms with Crippen molar-refractivity contribution in [3.63, 3.8) is 0 Å². The molecule has 5 rings (SSSR count). The number of fused-ring (bicyclic) bond motifs is 1. The quantitative estimate of drug-likeness (QED) is 0.439. The molecule has 0 saturated heterocycles. The monoisotopic (exact) mass is 417 g/mol. The minimum absolute atomic E-state index is 0.105. The average Bonchev–Trinajstić information content (AvgIpc) is 3.52. The largest absolute Gasteiger partial charge is 0.307 e. The summed E-state index contributed by atoms with van der Waals surface area (Å²) in [5.41, 5.74) is 2.64. The van der Waals surface area contributed by atoms with Crippen LogP contribution in [0.4, 0.5) is 5.82 Å². The minimum Gasteiger partial charge on any atom is -0.307 e. The van der Waals surface area contributed by atoms with Gasteiger partial charge in [0.15, 0.2) is 0 Å². The Labute approximate surface area is 179 Å². The molecular weight excluding hydrogens is 394 g/mol. The summed E-state index contributed by atoms with van der Waals surface area (Å²) in [7, 11) is 0. The Morgan fingerprint density at radius 1 is 1.10 bits per heavy atom. The van der Waals surface area contributed by atoms with Crippen LogP contribution in [-0.4, -0.2) is 25.1 Å². The van der Waals surface area contributed by atoms with Gasteiger partial charge in [-0.2, -0.15) is 5.10 Å². The molecule has 0 bridgehead atoms. The van der Waals surface area contributed by atoms with Gasteiger partial charge in [-0.05, 0) is 49.2 Å². The van der Waals surface area contributed by atoms with Gasteiger partial charge in [-0.15, -0.1) is 11.8 Å². The number of carbonyl (C=O) groups is 1. The van der Waals surface area contributed by atoms with Crippen LogP contribution in [-0.2, 0) is 5.75 Å². The summed E-state index contributed by atoms with van der Waals surface area (Å²) in [4.78, 5) is 18.4. The lowest BCUT2D eigenvalue weighted by atomic mass is 10.2. The highest BCUT2D eigenvalue weighted by molar-refractivity contribution is 7.98. The molecule has 1 saturated carbocycles. The molecule has 0 spiro atoms. The molecule has 1 N–H and O–H groups in total. The van der Waals surface area contributed by atoms with Gasteiger partial charge in [-0.25, -0.2) is 9.67 Å². The lowest BCUT2D eigenvalue weighted by molar-refractivity contribution is 0.102. The van der Waals surface area contributed by atoms with Gasteiger partial charge in [0.25, 0.3) is 5.91 Å². The van der Waals surface area contributed by atoms with E-state index in [4.69, 9.17) is 0 Å². The summed E-state index contributed by atoms with van der Waals surface area (Å²) >= 11 is 1.71. The van der Waals surface area contributed by atoms with E-state index in [-0.39, 0.29) is 5.91 Å². The average molecular weight is 418 g/mol. The molecule has 6 nitrogen and oxygen atoms in total. The Hall–Kier alpha value is -3.06.